The summed E-state index contributed by atoms with van der Waals surface area (Å²) < 4.78 is 36.2. The molecule has 2 rings (SSSR count). The maximum absolute atomic E-state index is 11.7. The highest BCUT2D eigenvalue weighted by Crippen LogP contribution is 2.21. The Labute approximate surface area is 204 Å². The van der Waals surface area contributed by atoms with Gasteiger partial charge in [-0.2, -0.15) is 0 Å². The highest BCUT2D eigenvalue weighted by atomic mass is 127. The number of rotatable bonds is 11. The minimum absolute atomic E-state index is 0. The zero-order chi connectivity index (χ0) is 22.0. The first kappa shape index (κ1) is 27.9. The second kappa shape index (κ2) is 14.1. The second-order valence-electron chi connectivity index (χ2n) is 7.51. The number of aliphatic imine (C=N–C) groups is 1. The normalized spacial score (nSPS) is 17.3. The zero-order valence-electron chi connectivity index (χ0n) is 19.0. The van der Waals surface area contributed by atoms with Crippen LogP contribution in [0.5, 0.6) is 5.75 Å². The molecule has 2 N–H and O–H groups in total. The Balaban J connectivity index is 0.00000480. The molecule has 1 aromatic rings. The van der Waals surface area contributed by atoms with Crippen LogP contribution in [0.15, 0.2) is 23.2 Å². The van der Waals surface area contributed by atoms with Crippen molar-refractivity contribution in [2.75, 3.05) is 52.3 Å². The molecule has 1 fully saturated rings. The van der Waals surface area contributed by atoms with Gasteiger partial charge in [0.1, 0.15) is 12.4 Å². The fraction of sp³-hybridized carbons (Fsp3) is 0.667. The van der Waals surface area contributed by atoms with E-state index in [0.29, 0.717) is 46.0 Å². The lowest BCUT2D eigenvalue weighted by Gasteiger charge is -2.16. The van der Waals surface area contributed by atoms with E-state index in [9.17, 15) is 8.42 Å². The summed E-state index contributed by atoms with van der Waals surface area (Å²) in [4.78, 5) is 4.70. The third-order valence-corrected chi connectivity index (χ3v) is 6.21. The molecule has 0 saturated carbocycles. The van der Waals surface area contributed by atoms with Gasteiger partial charge in [-0.15, -0.1) is 24.0 Å². The second-order valence-corrected chi connectivity index (χ2v) is 9.49. The van der Waals surface area contributed by atoms with Gasteiger partial charge in [0.25, 0.3) is 0 Å². The van der Waals surface area contributed by atoms with Gasteiger partial charge in [0.05, 0.1) is 19.4 Å². The van der Waals surface area contributed by atoms with Crippen molar-refractivity contribution in [1.29, 1.82) is 0 Å². The fourth-order valence-corrected chi connectivity index (χ4v) is 4.21. The lowest BCUT2D eigenvalue weighted by atomic mass is 10.1. The molecular weight excluding hydrogens is 531 g/mol. The van der Waals surface area contributed by atoms with Gasteiger partial charge in [-0.05, 0) is 44.7 Å². The number of benzene rings is 1. The number of hydrogen-bond donors (Lipinski definition) is 2. The maximum Gasteiger partial charge on any atom is 0.211 e. The van der Waals surface area contributed by atoms with E-state index in [1.54, 1.807) is 4.31 Å². The molecule has 1 saturated heterocycles. The highest BCUT2D eigenvalue weighted by Gasteiger charge is 2.28. The fourth-order valence-electron chi connectivity index (χ4n) is 3.29. The van der Waals surface area contributed by atoms with E-state index in [1.165, 1.54) is 6.26 Å². The Hall–Kier alpha value is -1.11. The van der Waals surface area contributed by atoms with E-state index in [4.69, 9.17) is 14.5 Å². The molecule has 0 amide bonds. The monoisotopic (exact) mass is 568 g/mol. The van der Waals surface area contributed by atoms with Crippen LogP contribution in [0, 0.1) is 12.8 Å². The SMILES string of the molecule is CCNC(=NCc1ccc(C)cc1OCCOCC)NCC1CCN(S(C)(=O)=O)C1.I. The summed E-state index contributed by atoms with van der Waals surface area (Å²) in [5.74, 6) is 1.82. The Bertz CT molecular complexity index is 805. The molecule has 1 aromatic carbocycles. The van der Waals surface area contributed by atoms with Gasteiger partial charge in [0, 0.05) is 38.3 Å². The number of guanidine groups is 1. The molecular formula is C21H37IN4O4S. The van der Waals surface area contributed by atoms with Crippen LogP contribution in [-0.2, 0) is 21.3 Å². The van der Waals surface area contributed by atoms with Crippen molar-refractivity contribution in [3.63, 3.8) is 0 Å². The van der Waals surface area contributed by atoms with Crippen LogP contribution in [0.1, 0.15) is 31.4 Å². The van der Waals surface area contributed by atoms with Gasteiger partial charge in [0.15, 0.2) is 5.96 Å². The quantitative estimate of drug-likeness (QED) is 0.184. The molecule has 178 valence electrons. The van der Waals surface area contributed by atoms with E-state index in [-0.39, 0.29) is 29.9 Å². The standard InChI is InChI=1S/C21H36N4O4S.HI/c1-5-22-21(23-14-18-9-10-25(16-18)30(4,26)27)24-15-19-8-7-17(3)13-20(19)29-12-11-28-6-2;/h7-8,13,18H,5-6,9-12,14-16H2,1-4H3,(H2,22,23,24);1H. The minimum atomic E-state index is -3.11. The smallest absolute Gasteiger partial charge is 0.211 e. The van der Waals surface area contributed by atoms with Crippen molar-refractivity contribution in [2.45, 2.75) is 33.7 Å². The Kier molecular flexibility index (Phi) is 12.7. The van der Waals surface area contributed by atoms with Gasteiger partial charge in [-0.25, -0.2) is 17.7 Å². The average Bonchev–Trinajstić information content (AvgIpc) is 3.18. The summed E-state index contributed by atoms with van der Waals surface area (Å²) in [6, 6.07) is 6.12. The molecule has 10 heteroatoms. The molecule has 0 bridgehead atoms. The molecule has 0 aliphatic carbocycles. The van der Waals surface area contributed by atoms with Gasteiger partial charge >= 0.3 is 0 Å². The first-order valence-electron chi connectivity index (χ1n) is 10.6. The molecule has 1 aliphatic heterocycles. The van der Waals surface area contributed by atoms with Gasteiger partial charge in [0.2, 0.25) is 10.0 Å². The van der Waals surface area contributed by atoms with Crippen LogP contribution in [0.25, 0.3) is 0 Å². The number of nitrogens with zero attached hydrogens (tertiary/aromatic N) is 2. The van der Waals surface area contributed by atoms with Crippen LogP contribution in [0.2, 0.25) is 0 Å². The zero-order valence-corrected chi connectivity index (χ0v) is 22.2. The third-order valence-electron chi connectivity index (χ3n) is 4.94. The highest BCUT2D eigenvalue weighted by molar-refractivity contribution is 14.0. The lowest BCUT2D eigenvalue weighted by molar-refractivity contribution is 0.110. The van der Waals surface area contributed by atoms with Crippen molar-refractivity contribution in [2.24, 2.45) is 10.9 Å². The molecule has 8 nitrogen and oxygen atoms in total. The van der Waals surface area contributed by atoms with Gasteiger partial charge in [-0.3, -0.25) is 0 Å². The van der Waals surface area contributed by atoms with E-state index < -0.39 is 10.0 Å². The van der Waals surface area contributed by atoms with Crippen molar-refractivity contribution in [1.82, 2.24) is 14.9 Å². The number of hydrogen-bond acceptors (Lipinski definition) is 5. The summed E-state index contributed by atoms with van der Waals surface area (Å²) in [5.41, 5.74) is 2.15. The van der Waals surface area contributed by atoms with Crippen LogP contribution in [0.4, 0.5) is 0 Å². The number of nitrogens with one attached hydrogen (secondary N) is 2. The van der Waals surface area contributed by atoms with E-state index >= 15 is 0 Å². The number of halogens is 1. The van der Waals surface area contributed by atoms with E-state index in [2.05, 4.69) is 16.7 Å². The maximum atomic E-state index is 11.7. The van der Waals surface area contributed by atoms with Crippen LogP contribution >= 0.6 is 24.0 Å². The van der Waals surface area contributed by atoms with Crippen molar-refractivity contribution < 1.29 is 17.9 Å². The Morgan fingerprint density at radius 2 is 2.03 bits per heavy atom. The Morgan fingerprint density at radius 3 is 2.68 bits per heavy atom. The van der Waals surface area contributed by atoms with Crippen molar-refractivity contribution in [3.8, 4) is 5.75 Å². The summed E-state index contributed by atoms with van der Waals surface area (Å²) in [5, 5.41) is 6.61. The predicted molar refractivity (Wildman–Crippen MR) is 136 cm³/mol. The van der Waals surface area contributed by atoms with Crippen molar-refractivity contribution in [3.05, 3.63) is 29.3 Å². The van der Waals surface area contributed by atoms with Gasteiger partial charge < -0.3 is 20.1 Å². The van der Waals surface area contributed by atoms with E-state index in [1.807, 2.05) is 32.9 Å². The van der Waals surface area contributed by atoms with Gasteiger partial charge in [-0.1, -0.05) is 12.1 Å². The largest absolute Gasteiger partial charge is 0.491 e. The Morgan fingerprint density at radius 1 is 1.26 bits per heavy atom. The summed E-state index contributed by atoms with van der Waals surface area (Å²) >= 11 is 0. The average molecular weight is 569 g/mol. The molecule has 1 atom stereocenters. The first-order valence-corrected chi connectivity index (χ1v) is 12.5. The molecule has 1 aliphatic rings. The molecule has 0 radical (unpaired) electrons. The lowest BCUT2D eigenvalue weighted by Crippen LogP contribution is -2.40. The molecule has 31 heavy (non-hydrogen) atoms. The third kappa shape index (κ3) is 9.92. The number of ether oxygens (including phenoxy) is 2. The van der Waals surface area contributed by atoms with Crippen LogP contribution < -0.4 is 15.4 Å². The van der Waals surface area contributed by atoms with Crippen molar-refractivity contribution >= 4 is 40.0 Å². The topological polar surface area (TPSA) is 92.3 Å². The predicted octanol–water partition coefficient (Wildman–Crippen LogP) is 2.36. The first-order chi connectivity index (χ1) is 14.3. The molecule has 1 heterocycles. The number of sulfonamides is 1. The van der Waals surface area contributed by atoms with Crippen LogP contribution in [-0.4, -0.2) is 70.9 Å². The molecule has 0 spiro atoms. The van der Waals surface area contributed by atoms with E-state index in [0.717, 1.165) is 35.8 Å². The summed E-state index contributed by atoms with van der Waals surface area (Å²) in [7, 11) is -3.11. The minimum Gasteiger partial charge on any atom is -0.491 e. The molecule has 0 aromatic heterocycles. The van der Waals surface area contributed by atoms with Crippen LogP contribution in [0.3, 0.4) is 0 Å². The summed E-state index contributed by atoms with van der Waals surface area (Å²) in [6.45, 7) is 10.8. The number of aryl methyl sites for hydroxylation is 1. The summed E-state index contributed by atoms with van der Waals surface area (Å²) in [6.07, 6.45) is 2.12. The molecule has 1 unspecified atom stereocenters.